The second-order valence-electron chi connectivity index (χ2n) is 6.01. The van der Waals surface area contributed by atoms with Crippen LogP contribution in [0.4, 0.5) is 5.82 Å². The Balaban J connectivity index is 1.73. The standard InChI is InChI=1S/C19H16N4OS/c1-2-4-14-13(3-1)11-20-12-15(14)18-21-16-5-10-25-17(16)19(22-18)23-6-8-24-9-7-23/h1-5,10-12H,6-9H2. The number of thiophene rings is 1. The lowest BCUT2D eigenvalue weighted by molar-refractivity contribution is 0.122. The number of benzene rings is 1. The highest BCUT2D eigenvalue weighted by Crippen LogP contribution is 2.33. The number of morpholine rings is 1. The summed E-state index contributed by atoms with van der Waals surface area (Å²) in [5, 5.41) is 4.30. The third-order valence-corrected chi connectivity index (χ3v) is 5.41. The van der Waals surface area contributed by atoms with Crippen molar-refractivity contribution in [2.75, 3.05) is 31.2 Å². The molecule has 0 atom stereocenters. The summed E-state index contributed by atoms with van der Waals surface area (Å²) in [6.07, 6.45) is 3.74. The van der Waals surface area contributed by atoms with E-state index in [-0.39, 0.29) is 0 Å². The summed E-state index contributed by atoms with van der Waals surface area (Å²) in [5.41, 5.74) is 1.96. The number of hydrogen-bond donors (Lipinski definition) is 0. The van der Waals surface area contributed by atoms with E-state index < -0.39 is 0 Å². The first-order valence-corrected chi connectivity index (χ1v) is 9.19. The zero-order chi connectivity index (χ0) is 16.6. The smallest absolute Gasteiger partial charge is 0.164 e. The molecule has 6 heteroatoms. The van der Waals surface area contributed by atoms with Crippen molar-refractivity contribution in [2.45, 2.75) is 0 Å². The number of anilines is 1. The number of nitrogens with zero attached hydrogens (tertiary/aromatic N) is 4. The van der Waals surface area contributed by atoms with Crippen molar-refractivity contribution in [1.82, 2.24) is 15.0 Å². The summed E-state index contributed by atoms with van der Waals surface area (Å²) in [5.74, 6) is 1.74. The van der Waals surface area contributed by atoms with E-state index in [1.807, 2.05) is 24.5 Å². The molecular formula is C19H16N4OS. The second kappa shape index (κ2) is 6.06. The molecule has 124 valence electrons. The molecule has 1 saturated heterocycles. The van der Waals surface area contributed by atoms with E-state index >= 15 is 0 Å². The van der Waals surface area contributed by atoms with Gasteiger partial charge in [0, 0.05) is 36.4 Å². The van der Waals surface area contributed by atoms with E-state index in [9.17, 15) is 0 Å². The van der Waals surface area contributed by atoms with Crippen LogP contribution in [0.25, 0.3) is 32.4 Å². The quantitative estimate of drug-likeness (QED) is 0.552. The Morgan fingerprint density at radius 1 is 1.00 bits per heavy atom. The minimum absolute atomic E-state index is 0.733. The van der Waals surface area contributed by atoms with Crippen molar-refractivity contribution in [3.63, 3.8) is 0 Å². The molecule has 25 heavy (non-hydrogen) atoms. The third kappa shape index (κ3) is 2.54. The number of pyridine rings is 1. The third-order valence-electron chi connectivity index (χ3n) is 4.51. The fourth-order valence-corrected chi connectivity index (χ4v) is 4.10. The Labute approximate surface area is 148 Å². The predicted octanol–water partition coefficient (Wildman–Crippen LogP) is 3.74. The highest BCUT2D eigenvalue weighted by atomic mass is 32.1. The van der Waals surface area contributed by atoms with Gasteiger partial charge in [-0.25, -0.2) is 9.97 Å². The van der Waals surface area contributed by atoms with E-state index in [2.05, 4.69) is 33.5 Å². The molecule has 4 heterocycles. The largest absolute Gasteiger partial charge is 0.378 e. The molecule has 5 nitrogen and oxygen atoms in total. The van der Waals surface area contributed by atoms with Crippen molar-refractivity contribution in [2.24, 2.45) is 0 Å². The van der Waals surface area contributed by atoms with Gasteiger partial charge in [0.05, 0.1) is 23.4 Å². The first-order valence-electron chi connectivity index (χ1n) is 8.31. The van der Waals surface area contributed by atoms with E-state index in [0.29, 0.717) is 0 Å². The van der Waals surface area contributed by atoms with Gasteiger partial charge in [0.1, 0.15) is 0 Å². The van der Waals surface area contributed by atoms with Crippen LogP contribution in [0.1, 0.15) is 0 Å². The second-order valence-corrected chi connectivity index (χ2v) is 6.93. The molecule has 0 saturated carbocycles. The van der Waals surface area contributed by atoms with Crippen LogP contribution in [0, 0.1) is 0 Å². The molecule has 0 amide bonds. The molecule has 1 aromatic carbocycles. The van der Waals surface area contributed by atoms with Gasteiger partial charge in [0.2, 0.25) is 0 Å². The van der Waals surface area contributed by atoms with Crippen LogP contribution in [0.5, 0.6) is 0 Å². The van der Waals surface area contributed by atoms with Gasteiger partial charge >= 0.3 is 0 Å². The van der Waals surface area contributed by atoms with Gasteiger partial charge in [0.15, 0.2) is 11.6 Å². The van der Waals surface area contributed by atoms with Gasteiger partial charge in [0.25, 0.3) is 0 Å². The van der Waals surface area contributed by atoms with Crippen molar-refractivity contribution in [3.8, 4) is 11.4 Å². The average Bonchev–Trinajstić information content (AvgIpc) is 3.16. The maximum atomic E-state index is 5.50. The maximum absolute atomic E-state index is 5.50. The minimum Gasteiger partial charge on any atom is -0.378 e. The van der Waals surface area contributed by atoms with Gasteiger partial charge in [-0.1, -0.05) is 24.3 Å². The van der Waals surface area contributed by atoms with Crippen LogP contribution in [-0.4, -0.2) is 41.3 Å². The molecular weight excluding hydrogens is 332 g/mol. The van der Waals surface area contributed by atoms with Gasteiger partial charge in [-0.15, -0.1) is 11.3 Å². The highest BCUT2D eigenvalue weighted by molar-refractivity contribution is 7.17. The molecule has 4 aromatic rings. The molecule has 1 aliphatic heterocycles. The van der Waals surface area contributed by atoms with Crippen LogP contribution < -0.4 is 4.90 Å². The molecule has 0 aliphatic carbocycles. The lowest BCUT2D eigenvalue weighted by Crippen LogP contribution is -2.36. The van der Waals surface area contributed by atoms with Crippen molar-refractivity contribution in [1.29, 1.82) is 0 Å². The topological polar surface area (TPSA) is 51.1 Å². The number of hydrogen-bond acceptors (Lipinski definition) is 6. The SMILES string of the molecule is c1ccc2c(-c3nc(N4CCOCC4)c4sccc4n3)cncc2c1. The normalized spacial score (nSPS) is 15.1. The average molecular weight is 348 g/mol. The first-order chi connectivity index (χ1) is 12.4. The van der Waals surface area contributed by atoms with Crippen LogP contribution in [0.2, 0.25) is 0 Å². The van der Waals surface area contributed by atoms with E-state index in [0.717, 1.165) is 64.5 Å². The van der Waals surface area contributed by atoms with Crippen molar-refractivity contribution < 1.29 is 4.74 Å². The zero-order valence-electron chi connectivity index (χ0n) is 13.6. The zero-order valence-corrected chi connectivity index (χ0v) is 14.4. The van der Waals surface area contributed by atoms with Gasteiger partial charge in [-0.3, -0.25) is 4.98 Å². The molecule has 0 radical (unpaired) electrons. The van der Waals surface area contributed by atoms with Crippen LogP contribution in [-0.2, 0) is 4.74 Å². The Morgan fingerprint density at radius 2 is 1.88 bits per heavy atom. The monoisotopic (exact) mass is 348 g/mol. The summed E-state index contributed by atoms with van der Waals surface area (Å²) < 4.78 is 6.63. The number of fused-ring (bicyclic) bond motifs is 2. The Morgan fingerprint density at radius 3 is 2.80 bits per heavy atom. The van der Waals surface area contributed by atoms with Crippen molar-refractivity contribution in [3.05, 3.63) is 48.1 Å². The summed E-state index contributed by atoms with van der Waals surface area (Å²) in [6, 6.07) is 10.3. The predicted molar refractivity (Wildman–Crippen MR) is 101 cm³/mol. The Kier molecular flexibility index (Phi) is 3.57. The fraction of sp³-hybridized carbons (Fsp3) is 0.211. The Hall–Kier alpha value is -2.57. The van der Waals surface area contributed by atoms with E-state index in [1.165, 1.54) is 0 Å². The van der Waals surface area contributed by atoms with Crippen LogP contribution in [0.3, 0.4) is 0 Å². The lowest BCUT2D eigenvalue weighted by Gasteiger charge is -2.28. The molecule has 0 bridgehead atoms. The molecule has 0 unspecified atom stereocenters. The van der Waals surface area contributed by atoms with Crippen LogP contribution >= 0.6 is 11.3 Å². The maximum Gasteiger partial charge on any atom is 0.164 e. The number of rotatable bonds is 2. The molecule has 1 fully saturated rings. The van der Waals surface area contributed by atoms with Gasteiger partial charge in [-0.05, 0) is 16.8 Å². The molecule has 0 N–H and O–H groups in total. The summed E-state index contributed by atoms with van der Waals surface area (Å²) in [6.45, 7) is 3.19. The summed E-state index contributed by atoms with van der Waals surface area (Å²) in [4.78, 5) is 16.4. The fourth-order valence-electron chi connectivity index (χ4n) is 3.25. The van der Waals surface area contributed by atoms with E-state index in [1.54, 1.807) is 11.3 Å². The minimum atomic E-state index is 0.733. The number of ether oxygens (including phenoxy) is 1. The molecule has 1 aliphatic rings. The Bertz CT molecular complexity index is 1050. The molecule has 0 spiro atoms. The number of aromatic nitrogens is 3. The van der Waals surface area contributed by atoms with E-state index in [4.69, 9.17) is 14.7 Å². The summed E-state index contributed by atoms with van der Waals surface area (Å²) in [7, 11) is 0. The van der Waals surface area contributed by atoms with Gasteiger partial charge in [-0.2, -0.15) is 0 Å². The van der Waals surface area contributed by atoms with Gasteiger partial charge < -0.3 is 9.64 Å². The molecule has 3 aromatic heterocycles. The van der Waals surface area contributed by atoms with Crippen LogP contribution in [0.15, 0.2) is 48.1 Å². The highest BCUT2D eigenvalue weighted by Gasteiger charge is 2.19. The summed E-state index contributed by atoms with van der Waals surface area (Å²) >= 11 is 1.69. The lowest BCUT2D eigenvalue weighted by atomic mass is 10.1. The first kappa shape index (κ1) is 14.7. The van der Waals surface area contributed by atoms with Crippen molar-refractivity contribution >= 4 is 38.1 Å². The molecule has 5 rings (SSSR count).